The van der Waals surface area contributed by atoms with Crippen LogP contribution >= 0.6 is 35.1 Å². The summed E-state index contributed by atoms with van der Waals surface area (Å²) < 4.78 is 1.19. The van der Waals surface area contributed by atoms with Crippen LogP contribution in [0.15, 0.2) is 24.0 Å². The van der Waals surface area contributed by atoms with E-state index < -0.39 is 0 Å². The zero-order valence-corrected chi connectivity index (χ0v) is 14.8. The summed E-state index contributed by atoms with van der Waals surface area (Å²) in [6.45, 7) is 4.95. The summed E-state index contributed by atoms with van der Waals surface area (Å²) in [5.74, 6) is 1.07. The summed E-state index contributed by atoms with van der Waals surface area (Å²) in [6.07, 6.45) is 3.54. The Balaban J connectivity index is 0.00000156. The minimum Gasteiger partial charge on any atom is -0.375 e. The molecule has 1 fully saturated rings. The highest BCUT2D eigenvalue weighted by atomic mass is 35.5. The van der Waals surface area contributed by atoms with Crippen molar-refractivity contribution in [2.45, 2.75) is 6.54 Å². The molecule has 0 saturated carbocycles. The molecule has 0 spiro atoms. The van der Waals surface area contributed by atoms with E-state index in [2.05, 4.69) is 36.2 Å². The molecule has 0 atom stereocenters. The van der Waals surface area contributed by atoms with Gasteiger partial charge in [-0.05, 0) is 11.4 Å². The van der Waals surface area contributed by atoms with Gasteiger partial charge in [-0.3, -0.25) is 4.90 Å². The molecular weight excluding hydrogens is 352 g/mol. The van der Waals surface area contributed by atoms with Crippen molar-refractivity contribution in [1.29, 1.82) is 0 Å². The monoisotopic (exact) mass is 368 g/mol. The lowest BCUT2D eigenvalue weighted by Crippen LogP contribution is -2.46. The first-order chi connectivity index (χ1) is 10.8. The largest absolute Gasteiger partial charge is 0.375 e. The third-order valence-electron chi connectivity index (χ3n) is 3.85. The third kappa shape index (κ3) is 3.40. The van der Waals surface area contributed by atoms with Crippen molar-refractivity contribution in [1.82, 2.24) is 19.9 Å². The molecule has 23 heavy (non-hydrogen) atoms. The number of hydrogen-bond donors (Lipinski definition) is 1. The molecule has 6 nitrogen and oxygen atoms in total. The molecule has 9 heteroatoms. The van der Waals surface area contributed by atoms with E-state index in [4.69, 9.17) is 5.73 Å². The van der Waals surface area contributed by atoms with Gasteiger partial charge in [-0.25, -0.2) is 15.0 Å². The highest BCUT2D eigenvalue weighted by Gasteiger charge is 2.20. The van der Waals surface area contributed by atoms with Crippen molar-refractivity contribution in [2.24, 2.45) is 0 Å². The minimum atomic E-state index is 0. The molecule has 0 radical (unpaired) electrons. The van der Waals surface area contributed by atoms with E-state index in [0.717, 1.165) is 44.1 Å². The van der Waals surface area contributed by atoms with Crippen molar-refractivity contribution in [3.63, 3.8) is 0 Å². The van der Waals surface area contributed by atoms with Gasteiger partial charge in [0, 0.05) is 43.8 Å². The minimum absolute atomic E-state index is 0. The number of rotatable bonds is 3. The lowest BCUT2D eigenvalue weighted by Gasteiger charge is -2.35. The van der Waals surface area contributed by atoms with Crippen LogP contribution in [0.25, 0.3) is 10.2 Å². The van der Waals surface area contributed by atoms with Crippen LogP contribution in [0.3, 0.4) is 0 Å². The van der Waals surface area contributed by atoms with Gasteiger partial charge in [-0.15, -0.1) is 35.1 Å². The Labute approximate surface area is 148 Å². The van der Waals surface area contributed by atoms with Crippen molar-refractivity contribution >= 4 is 56.2 Å². The fourth-order valence-corrected chi connectivity index (χ4v) is 4.32. The van der Waals surface area contributed by atoms with Gasteiger partial charge in [-0.1, -0.05) is 0 Å². The van der Waals surface area contributed by atoms with E-state index in [1.165, 1.54) is 9.58 Å². The molecule has 1 aliphatic rings. The Morgan fingerprint density at radius 2 is 1.96 bits per heavy atom. The van der Waals surface area contributed by atoms with Crippen LogP contribution in [0.4, 0.5) is 10.9 Å². The zero-order valence-electron chi connectivity index (χ0n) is 12.4. The van der Waals surface area contributed by atoms with E-state index in [9.17, 15) is 0 Å². The van der Waals surface area contributed by atoms with E-state index in [1.807, 2.05) is 6.20 Å². The lowest BCUT2D eigenvalue weighted by molar-refractivity contribution is 0.251. The van der Waals surface area contributed by atoms with Crippen LogP contribution in [-0.2, 0) is 6.54 Å². The van der Waals surface area contributed by atoms with Gasteiger partial charge in [0.2, 0.25) is 0 Å². The molecule has 0 unspecified atom stereocenters. The molecule has 1 aliphatic heterocycles. The van der Waals surface area contributed by atoms with Gasteiger partial charge in [-0.2, -0.15) is 0 Å². The van der Waals surface area contributed by atoms with Gasteiger partial charge < -0.3 is 10.6 Å². The van der Waals surface area contributed by atoms with E-state index >= 15 is 0 Å². The van der Waals surface area contributed by atoms with Crippen molar-refractivity contribution in [2.75, 3.05) is 36.8 Å². The van der Waals surface area contributed by atoms with Gasteiger partial charge in [0.05, 0.1) is 10.2 Å². The summed E-state index contributed by atoms with van der Waals surface area (Å²) in [6, 6.07) is 2.05. The SMILES string of the molecule is Cl.Nc1ncc(CN2CCN(c3ncnc4ccsc34)CC2)s1. The van der Waals surface area contributed by atoms with Crippen LogP contribution in [-0.4, -0.2) is 46.0 Å². The molecule has 3 aromatic heterocycles. The summed E-state index contributed by atoms with van der Waals surface area (Å²) >= 11 is 3.29. The van der Waals surface area contributed by atoms with Gasteiger partial charge >= 0.3 is 0 Å². The molecular formula is C14H17ClN6S2. The number of nitrogens with two attached hydrogens (primary N) is 1. The zero-order chi connectivity index (χ0) is 14.9. The Kier molecular flexibility index (Phi) is 4.96. The second kappa shape index (κ2) is 6.96. The van der Waals surface area contributed by atoms with E-state index in [-0.39, 0.29) is 12.4 Å². The molecule has 4 heterocycles. The molecule has 4 rings (SSSR count). The van der Waals surface area contributed by atoms with Crippen molar-refractivity contribution in [3.05, 3.63) is 28.8 Å². The molecule has 0 bridgehead atoms. The number of halogens is 1. The number of nitrogens with zero attached hydrogens (tertiary/aromatic N) is 5. The van der Waals surface area contributed by atoms with Crippen molar-refractivity contribution in [3.8, 4) is 0 Å². The lowest BCUT2D eigenvalue weighted by atomic mass is 10.3. The van der Waals surface area contributed by atoms with Gasteiger partial charge in [0.25, 0.3) is 0 Å². The number of aromatic nitrogens is 3. The molecule has 2 N–H and O–H groups in total. The van der Waals surface area contributed by atoms with Gasteiger partial charge in [0.15, 0.2) is 5.13 Å². The van der Waals surface area contributed by atoms with Crippen LogP contribution in [0.1, 0.15) is 4.88 Å². The maximum Gasteiger partial charge on any atom is 0.180 e. The van der Waals surface area contributed by atoms with Gasteiger partial charge in [0.1, 0.15) is 12.1 Å². The summed E-state index contributed by atoms with van der Waals surface area (Å²) in [5, 5.41) is 2.72. The molecule has 0 aromatic carbocycles. The Hall–Kier alpha value is -1.48. The predicted octanol–water partition coefficient (Wildman–Crippen LogP) is 2.47. The number of anilines is 2. The highest BCUT2D eigenvalue weighted by Crippen LogP contribution is 2.28. The molecule has 0 aliphatic carbocycles. The topological polar surface area (TPSA) is 71.2 Å². The predicted molar refractivity (Wildman–Crippen MR) is 98.7 cm³/mol. The smallest absolute Gasteiger partial charge is 0.180 e. The first-order valence-corrected chi connectivity index (χ1v) is 8.85. The highest BCUT2D eigenvalue weighted by molar-refractivity contribution is 7.17. The fraction of sp³-hybridized carbons (Fsp3) is 0.357. The summed E-state index contributed by atoms with van der Waals surface area (Å²) in [7, 11) is 0. The van der Waals surface area contributed by atoms with Crippen LogP contribution in [0.2, 0.25) is 0 Å². The maximum atomic E-state index is 5.69. The number of hydrogen-bond acceptors (Lipinski definition) is 8. The number of fused-ring (bicyclic) bond motifs is 1. The Morgan fingerprint density at radius 3 is 2.70 bits per heavy atom. The normalized spacial score (nSPS) is 15.7. The number of thiazole rings is 1. The maximum absolute atomic E-state index is 5.69. The Morgan fingerprint density at radius 1 is 1.13 bits per heavy atom. The molecule has 1 saturated heterocycles. The van der Waals surface area contributed by atoms with E-state index in [0.29, 0.717) is 5.13 Å². The fourth-order valence-electron chi connectivity index (χ4n) is 2.74. The standard InChI is InChI=1S/C14H16N6S2.ClH/c15-14-16-7-10(22-14)8-19-2-4-20(5-3-19)13-12-11(1-6-21-12)17-9-18-13;/h1,6-7,9H,2-5,8H2,(H2,15,16);1H. The van der Waals surface area contributed by atoms with Crippen LogP contribution in [0.5, 0.6) is 0 Å². The van der Waals surface area contributed by atoms with Crippen LogP contribution in [0, 0.1) is 0 Å². The summed E-state index contributed by atoms with van der Waals surface area (Å²) in [4.78, 5) is 19.0. The quantitative estimate of drug-likeness (QED) is 0.765. The average molecular weight is 369 g/mol. The molecule has 122 valence electrons. The Bertz CT molecular complexity index is 780. The average Bonchev–Trinajstić information content (AvgIpc) is 3.16. The van der Waals surface area contributed by atoms with Crippen LogP contribution < -0.4 is 10.6 Å². The number of nitrogen functional groups attached to an aromatic ring is 1. The van der Waals surface area contributed by atoms with E-state index in [1.54, 1.807) is 29.0 Å². The second-order valence-corrected chi connectivity index (χ2v) is 7.32. The first-order valence-electron chi connectivity index (χ1n) is 7.15. The second-order valence-electron chi connectivity index (χ2n) is 5.26. The summed E-state index contributed by atoms with van der Waals surface area (Å²) in [5.41, 5.74) is 6.73. The first kappa shape index (κ1) is 16.4. The number of thiophene rings is 1. The number of piperazine rings is 1. The molecule has 0 amide bonds. The molecule has 3 aromatic rings. The third-order valence-corrected chi connectivity index (χ3v) is 5.56. The van der Waals surface area contributed by atoms with Crippen molar-refractivity contribution < 1.29 is 0 Å².